The molecule has 0 spiro atoms. The molecule has 3 nitrogen and oxygen atoms in total. The Labute approximate surface area is 89.1 Å². The predicted octanol–water partition coefficient (Wildman–Crippen LogP) is 3.19. The van der Waals surface area contributed by atoms with Crippen LogP contribution in [0.4, 0.5) is 0 Å². The first-order valence-corrected chi connectivity index (χ1v) is 11.6. The van der Waals surface area contributed by atoms with E-state index in [1.54, 1.807) is 18.6 Å². The van der Waals surface area contributed by atoms with E-state index in [9.17, 15) is 0 Å². The molecule has 0 aliphatic heterocycles. The van der Waals surface area contributed by atoms with Gasteiger partial charge in [0.1, 0.15) is 0 Å². The van der Waals surface area contributed by atoms with Gasteiger partial charge in [0.05, 0.1) is 12.5 Å². The second-order valence-corrected chi connectivity index (χ2v) is 13.9. The van der Waals surface area contributed by atoms with Crippen molar-refractivity contribution in [3.8, 4) is 0 Å². The maximum absolute atomic E-state index is 5.48. The molecule has 0 unspecified atom stereocenters. The molecule has 0 heterocycles. The van der Waals surface area contributed by atoms with Crippen molar-refractivity contribution < 1.29 is 8.95 Å². The van der Waals surface area contributed by atoms with Gasteiger partial charge in [0.2, 0.25) is 8.32 Å². The molecule has 0 saturated heterocycles. The Kier molecular flexibility index (Phi) is 5.14. The van der Waals surface area contributed by atoms with Crippen LogP contribution in [0, 0.1) is 0 Å². The lowest BCUT2D eigenvalue weighted by Gasteiger charge is -2.14. The zero-order valence-electron chi connectivity index (χ0n) is 10.00. The third-order valence-corrected chi connectivity index (χ3v) is 2.47. The number of rotatable bonds is 5. The molecular weight excluding hydrogens is 210 g/mol. The minimum absolute atomic E-state index is 1.43. The monoisotopic (exact) mass is 231 g/mol. The highest BCUT2D eigenvalue weighted by atomic mass is 28.4. The molecule has 0 atom stereocenters. The van der Waals surface area contributed by atoms with Gasteiger partial charge in [0.25, 0.3) is 8.32 Å². The number of oxime groups is 1. The second kappa shape index (κ2) is 5.36. The Hall–Kier alpha value is -0.556. The number of nitrogens with zero attached hydrogens (tertiary/aromatic N) is 1. The maximum atomic E-state index is 5.48. The van der Waals surface area contributed by atoms with Crippen molar-refractivity contribution in [2.24, 2.45) is 5.16 Å². The van der Waals surface area contributed by atoms with Gasteiger partial charge in [-0.1, -0.05) is 0 Å². The van der Waals surface area contributed by atoms with E-state index >= 15 is 0 Å². The van der Waals surface area contributed by atoms with Crippen molar-refractivity contribution >= 4 is 22.8 Å². The Bertz CT molecular complexity index is 190. The second-order valence-electron chi connectivity index (χ2n) is 5.02. The van der Waals surface area contributed by atoms with E-state index in [4.69, 9.17) is 8.95 Å². The van der Waals surface area contributed by atoms with E-state index in [0.29, 0.717) is 0 Å². The van der Waals surface area contributed by atoms with E-state index < -0.39 is 16.6 Å². The molecule has 82 valence electrons. The van der Waals surface area contributed by atoms with E-state index in [1.807, 2.05) is 0 Å². The lowest BCUT2D eigenvalue weighted by atomic mass is 10.7. The van der Waals surface area contributed by atoms with E-state index in [-0.39, 0.29) is 0 Å². The van der Waals surface area contributed by atoms with Gasteiger partial charge in [0, 0.05) is 0 Å². The van der Waals surface area contributed by atoms with Gasteiger partial charge in [-0.15, -0.1) is 5.16 Å². The summed E-state index contributed by atoms with van der Waals surface area (Å²) in [6, 6.07) is 0. The van der Waals surface area contributed by atoms with Crippen LogP contribution in [0.25, 0.3) is 0 Å². The van der Waals surface area contributed by atoms with Crippen LogP contribution in [0.1, 0.15) is 0 Å². The fraction of sp³-hybridized carbons (Fsp3) is 0.667. The molecule has 5 heteroatoms. The van der Waals surface area contributed by atoms with Crippen molar-refractivity contribution in [2.45, 2.75) is 39.3 Å². The third-order valence-electron chi connectivity index (χ3n) is 0.974. The largest absolute Gasteiger partial charge is 0.550 e. The van der Waals surface area contributed by atoms with Crippen molar-refractivity contribution in [3.63, 3.8) is 0 Å². The molecule has 0 aromatic heterocycles. The fourth-order valence-electron chi connectivity index (χ4n) is 0.502. The minimum Gasteiger partial charge on any atom is -0.550 e. The lowest BCUT2D eigenvalue weighted by Crippen LogP contribution is -2.22. The van der Waals surface area contributed by atoms with Gasteiger partial charge in [0.15, 0.2) is 0 Å². The Morgan fingerprint density at radius 2 is 1.50 bits per heavy atom. The van der Waals surface area contributed by atoms with Crippen molar-refractivity contribution in [1.29, 1.82) is 0 Å². The molecule has 0 amide bonds. The third kappa shape index (κ3) is 11.4. The van der Waals surface area contributed by atoms with Crippen LogP contribution in [-0.4, -0.2) is 22.8 Å². The van der Waals surface area contributed by atoms with Gasteiger partial charge in [-0.25, -0.2) is 0 Å². The summed E-state index contributed by atoms with van der Waals surface area (Å²) < 4.78 is 10.8. The highest BCUT2D eigenvalue weighted by Crippen LogP contribution is 2.03. The fourth-order valence-corrected chi connectivity index (χ4v) is 1.37. The van der Waals surface area contributed by atoms with Gasteiger partial charge in [-0.3, -0.25) is 0 Å². The Balaban J connectivity index is 3.73. The van der Waals surface area contributed by atoms with Crippen LogP contribution in [0.3, 0.4) is 0 Å². The van der Waals surface area contributed by atoms with E-state index in [1.165, 1.54) is 0 Å². The zero-order chi connectivity index (χ0) is 11.2. The van der Waals surface area contributed by atoms with E-state index in [0.717, 1.165) is 0 Å². The van der Waals surface area contributed by atoms with E-state index in [2.05, 4.69) is 44.4 Å². The Morgan fingerprint density at radius 1 is 0.929 bits per heavy atom. The predicted molar refractivity (Wildman–Crippen MR) is 66.5 cm³/mol. The first-order chi connectivity index (χ1) is 6.21. The molecule has 0 saturated carbocycles. The van der Waals surface area contributed by atoms with Gasteiger partial charge >= 0.3 is 0 Å². The summed E-state index contributed by atoms with van der Waals surface area (Å²) in [7, 11) is -2.95. The number of hydrogen-bond acceptors (Lipinski definition) is 3. The summed E-state index contributed by atoms with van der Waals surface area (Å²) in [5, 5.41) is 3.85. The van der Waals surface area contributed by atoms with Crippen LogP contribution in [0.15, 0.2) is 17.5 Å². The number of allylic oxidation sites excluding steroid dienone is 1. The topological polar surface area (TPSA) is 30.8 Å². The summed E-state index contributed by atoms with van der Waals surface area (Å²) in [6.07, 6.45) is 5.07. The van der Waals surface area contributed by atoms with Crippen LogP contribution in [-0.2, 0) is 8.95 Å². The van der Waals surface area contributed by atoms with Crippen molar-refractivity contribution in [2.75, 3.05) is 0 Å². The molecule has 0 aromatic rings. The van der Waals surface area contributed by atoms with Crippen LogP contribution in [0.2, 0.25) is 39.3 Å². The normalized spacial score (nSPS) is 13.9. The van der Waals surface area contributed by atoms with Gasteiger partial charge in [-0.2, -0.15) is 0 Å². The molecule has 0 rings (SSSR count). The summed E-state index contributed by atoms with van der Waals surface area (Å²) in [5.41, 5.74) is 0. The molecule has 0 aliphatic rings. The first-order valence-electron chi connectivity index (χ1n) is 4.75. The van der Waals surface area contributed by atoms with Gasteiger partial charge in [-0.05, 0) is 45.4 Å². The highest BCUT2D eigenvalue weighted by Gasteiger charge is 2.15. The molecule has 0 aromatic carbocycles. The molecule has 0 radical (unpaired) electrons. The first kappa shape index (κ1) is 13.4. The maximum Gasteiger partial charge on any atom is 0.278 e. The number of hydrogen-bond donors (Lipinski definition) is 0. The SMILES string of the molecule is C[Si](C)(C)O/C=C/C=N/O[Si](C)(C)C. The van der Waals surface area contributed by atoms with Crippen LogP contribution < -0.4 is 0 Å². The molecule has 0 N–H and O–H groups in total. The lowest BCUT2D eigenvalue weighted by molar-refractivity contribution is 0.338. The molecule has 0 fully saturated rings. The molecule has 14 heavy (non-hydrogen) atoms. The smallest absolute Gasteiger partial charge is 0.278 e. The highest BCUT2D eigenvalue weighted by molar-refractivity contribution is 6.70. The Morgan fingerprint density at radius 3 is 1.93 bits per heavy atom. The van der Waals surface area contributed by atoms with Crippen LogP contribution in [0.5, 0.6) is 0 Å². The van der Waals surface area contributed by atoms with Gasteiger partial charge < -0.3 is 8.95 Å². The molecule has 0 aliphatic carbocycles. The average molecular weight is 231 g/mol. The zero-order valence-corrected chi connectivity index (χ0v) is 12.0. The molecule has 0 bridgehead atoms. The summed E-state index contributed by atoms with van der Waals surface area (Å²) in [5.74, 6) is 0. The average Bonchev–Trinajstić information content (AvgIpc) is 1.92. The standard InChI is InChI=1S/C9H21NO2Si2/c1-13(2,3)11-9-7-8-10-12-14(4,5)6/h7-9H,1-6H3/b9-7+,10-8+. The van der Waals surface area contributed by atoms with Crippen molar-refractivity contribution in [1.82, 2.24) is 0 Å². The quantitative estimate of drug-likeness (QED) is 0.315. The summed E-state index contributed by atoms with van der Waals surface area (Å²) in [4.78, 5) is 0. The summed E-state index contributed by atoms with van der Waals surface area (Å²) >= 11 is 0. The van der Waals surface area contributed by atoms with Crippen LogP contribution >= 0.6 is 0 Å². The molecular formula is C9H21NO2Si2. The minimum atomic E-state index is -1.52. The van der Waals surface area contributed by atoms with Crippen molar-refractivity contribution in [3.05, 3.63) is 12.3 Å². The summed E-state index contributed by atoms with van der Waals surface area (Å²) in [6.45, 7) is 12.7.